The van der Waals surface area contributed by atoms with Gasteiger partial charge in [-0.2, -0.15) is 35.9 Å². The second-order valence-electron chi connectivity index (χ2n) is 7.51. The van der Waals surface area contributed by atoms with Crippen molar-refractivity contribution in [2.75, 3.05) is 0 Å². The maximum atomic E-state index is 3.30. The van der Waals surface area contributed by atoms with Gasteiger partial charge in [0.15, 0.2) is 0 Å². The van der Waals surface area contributed by atoms with E-state index in [2.05, 4.69) is 115 Å². The molecular weight excluding hydrogens is 551 g/mol. The van der Waals surface area contributed by atoms with E-state index in [1.165, 1.54) is 36.6 Å². The number of allylic oxidation sites excluding steroid dienone is 4. The summed E-state index contributed by atoms with van der Waals surface area (Å²) in [5, 5.41) is 0. The molecule has 0 aliphatic heterocycles. The molecule has 0 saturated carbocycles. The molecule has 4 aromatic rings. The molecule has 0 nitrogen and oxygen atoms in total. The van der Waals surface area contributed by atoms with Gasteiger partial charge in [0.1, 0.15) is 0 Å². The number of hydrogen-bond acceptors (Lipinski definition) is 0. The quantitative estimate of drug-likeness (QED) is 0.155. The van der Waals surface area contributed by atoms with Gasteiger partial charge >= 0.3 is 98.9 Å². The molecule has 0 fully saturated rings. The molecule has 0 saturated heterocycles. The van der Waals surface area contributed by atoms with Crippen LogP contribution in [0.4, 0.5) is 0 Å². The fraction of sp³-hybridized carbons (Fsp3) is 0.0645. The van der Waals surface area contributed by atoms with Crippen LogP contribution < -0.4 is 0 Å². The number of fused-ring (bicyclic) bond motifs is 3. The van der Waals surface area contributed by atoms with E-state index in [4.69, 9.17) is 0 Å². The molecule has 0 heterocycles. The smallest absolute Gasteiger partial charge is 0.0253 e. The van der Waals surface area contributed by atoms with Crippen molar-refractivity contribution >= 4 is 3.26 Å². The monoisotopic (exact) mass is 576 g/mol. The Labute approximate surface area is 206 Å². The molecule has 0 radical (unpaired) electrons. The molecule has 152 valence electrons. The van der Waals surface area contributed by atoms with Crippen LogP contribution in [0.25, 0.3) is 11.1 Å². The third kappa shape index (κ3) is 5.87. The first-order valence-electron chi connectivity index (χ1n) is 10.8. The van der Waals surface area contributed by atoms with E-state index in [9.17, 15) is 0 Å². The third-order valence-corrected chi connectivity index (χ3v) is 7.40. The van der Waals surface area contributed by atoms with Crippen LogP contribution in [0.2, 0.25) is 0 Å². The second kappa shape index (κ2) is 11.6. The van der Waals surface area contributed by atoms with Crippen LogP contribution >= 0.6 is 0 Å². The number of benzene rings is 4. The van der Waals surface area contributed by atoms with E-state index >= 15 is 0 Å². The Hall–Kier alpha value is -2.90. The maximum absolute atomic E-state index is 3.30. The van der Waals surface area contributed by atoms with Crippen molar-refractivity contribution < 1.29 is 23.9 Å². The molecule has 0 aromatic heterocycles. The molecule has 2 aliphatic carbocycles. The molecule has 0 atom stereocenters. The van der Waals surface area contributed by atoms with Crippen LogP contribution in [-0.2, 0) is 30.3 Å². The Morgan fingerprint density at radius 3 is 1.91 bits per heavy atom. The van der Waals surface area contributed by atoms with Gasteiger partial charge in [-0.1, -0.05) is 35.4 Å². The van der Waals surface area contributed by atoms with E-state index in [0.717, 1.165) is 36.7 Å². The van der Waals surface area contributed by atoms with Crippen molar-refractivity contribution in [2.24, 2.45) is 0 Å². The Balaban J connectivity index is 0.000000127. The topological polar surface area (TPSA) is 0 Å². The number of rotatable bonds is 2. The molecule has 0 amide bonds. The van der Waals surface area contributed by atoms with Crippen molar-refractivity contribution in [1.82, 2.24) is 0 Å². The van der Waals surface area contributed by atoms with Crippen LogP contribution in [0.3, 0.4) is 0 Å². The Kier molecular flexibility index (Phi) is 8.11. The summed E-state index contributed by atoms with van der Waals surface area (Å²) in [6.45, 7) is 0. The zero-order valence-electron chi connectivity index (χ0n) is 18.0. The van der Waals surface area contributed by atoms with Crippen LogP contribution in [0.1, 0.15) is 28.7 Å². The van der Waals surface area contributed by atoms with Gasteiger partial charge in [-0.25, -0.2) is 12.2 Å². The Morgan fingerprint density at radius 1 is 0.688 bits per heavy atom. The van der Waals surface area contributed by atoms with Gasteiger partial charge in [-0.15, -0.1) is 12.0 Å². The minimum Gasteiger partial charge on any atom is -0.179 e. The minimum absolute atomic E-state index is 1.01. The first kappa shape index (κ1) is 22.3. The Morgan fingerprint density at radius 2 is 1.31 bits per heavy atom. The standard InChI is InChI=1S/C13H9.C13H10.C5H5.Hf/c1-3-7-12-10(5-1)9-11-6-2-4-8-13(11)12;1-3-7-12(8-4-1)11-13-9-5-2-6-10-13;1-2-4-5-3-1;/h1-5,7-8H,9H2;1-10H;1-3H,4H2;/q-1;;-1;+2. The first-order valence-corrected chi connectivity index (χ1v) is 12.6. The fourth-order valence-electron chi connectivity index (χ4n) is 3.71. The summed E-state index contributed by atoms with van der Waals surface area (Å²) in [6.07, 6.45) is 11.0. The van der Waals surface area contributed by atoms with Crippen LogP contribution in [0.15, 0.2) is 121 Å². The second-order valence-corrected chi connectivity index (χ2v) is 9.30. The fourth-order valence-corrected chi connectivity index (χ4v) is 4.91. The molecule has 4 aromatic carbocycles. The molecule has 1 heteroatoms. The molecule has 2 aliphatic rings. The predicted octanol–water partition coefficient (Wildman–Crippen LogP) is 7.17. The molecule has 0 spiro atoms. The van der Waals surface area contributed by atoms with E-state index in [-0.39, 0.29) is 0 Å². The molecule has 0 N–H and O–H groups in total. The summed E-state index contributed by atoms with van der Waals surface area (Å²) in [7, 11) is 0. The normalized spacial score (nSPS) is 12.1. The van der Waals surface area contributed by atoms with Gasteiger partial charge in [0, 0.05) is 0 Å². The van der Waals surface area contributed by atoms with Crippen LogP contribution in [-0.4, -0.2) is 3.26 Å². The summed E-state index contributed by atoms with van der Waals surface area (Å²) in [6, 6.07) is 39.3. The molecule has 6 rings (SSSR count). The summed E-state index contributed by atoms with van der Waals surface area (Å²) in [5.74, 6) is 0. The van der Waals surface area contributed by atoms with Gasteiger partial charge in [0.25, 0.3) is 0 Å². The zero-order valence-corrected chi connectivity index (χ0v) is 21.6. The largest absolute Gasteiger partial charge is 0.179 e. The molecule has 0 unspecified atom stereocenters. The van der Waals surface area contributed by atoms with E-state index in [0.29, 0.717) is 0 Å². The summed E-state index contributed by atoms with van der Waals surface area (Å²) in [5.41, 5.74) is 8.21. The van der Waals surface area contributed by atoms with Crippen molar-refractivity contribution in [3.8, 4) is 11.1 Å². The summed E-state index contributed by atoms with van der Waals surface area (Å²) in [4.78, 5) is 0. The van der Waals surface area contributed by atoms with E-state index < -0.39 is 0 Å². The summed E-state index contributed by atoms with van der Waals surface area (Å²) >= 11 is 1.08. The van der Waals surface area contributed by atoms with E-state index in [1.54, 1.807) is 0 Å². The van der Waals surface area contributed by atoms with Gasteiger partial charge < -0.3 is 0 Å². The minimum atomic E-state index is 1.01. The Bertz CT molecular complexity index is 1120. The maximum Gasteiger partial charge on any atom is -0.0253 e. The van der Waals surface area contributed by atoms with Gasteiger partial charge in [0.05, 0.1) is 0 Å². The summed E-state index contributed by atoms with van der Waals surface area (Å²) < 4.78 is 1.46. The van der Waals surface area contributed by atoms with Gasteiger partial charge in [0.2, 0.25) is 0 Å². The van der Waals surface area contributed by atoms with Gasteiger partial charge in [-0.05, 0) is 6.42 Å². The molecule has 0 bridgehead atoms. The van der Waals surface area contributed by atoms with Crippen LogP contribution in [0, 0.1) is 12.1 Å². The molecule has 32 heavy (non-hydrogen) atoms. The first-order chi connectivity index (χ1) is 15.8. The van der Waals surface area contributed by atoms with Crippen molar-refractivity contribution in [3.05, 3.63) is 156 Å². The average molecular weight is 575 g/mol. The van der Waals surface area contributed by atoms with Crippen molar-refractivity contribution in [2.45, 2.75) is 12.8 Å². The molecular formula is C31H24Hf. The van der Waals surface area contributed by atoms with Crippen LogP contribution in [0.5, 0.6) is 0 Å². The number of hydrogen-bond donors (Lipinski definition) is 0. The zero-order chi connectivity index (χ0) is 22.0. The third-order valence-electron chi connectivity index (χ3n) is 5.33. The predicted molar refractivity (Wildman–Crippen MR) is 131 cm³/mol. The average Bonchev–Trinajstić information content (AvgIpc) is 3.57. The van der Waals surface area contributed by atoms with Crippen molar-refractivity contribution in [3.63, 3.8) is 0 Å². The SMILES string of the molecule is [C-]1=CC=CC1.[Hf+2]=[C](c1ccccc1)c1ccccc1.[c-]1cccc2c1Cc1ccccc1-2. The van der Waals surface area contributed by atoms with E-state index in [1.807, 2.05) is 18.2 Å². The van der Waals surface area contributed by atoms with Gasteiger partial charge in [-0.3, -0.25) is 6.08 Å². The van der Waals surface area contributed by atoms with Crippen molar-refractivity contribution in [1.29, 1.82) is 0 Å².